The lowest BCUT2D eigenvalue weighted by molar-refractivity contribution is -0.107. The first kappa shape index (κ1) is 11.7. The van der Waals surface area contributed by atoms with Crippen LogP contribution in [-0.4, -0.2) is 5.12 Å². The van der Waals surface area contributed by atoms with Gasteiger partial charge in [-0.25, -0.2) is 0 Å². The highest BCUT2D eigenvalue weighted by molar-refractivity contribution is 8.14. The number of carbonyl (C=O) groups is 1. The predicted octanol–water partition coefficient (Wildman–Crippen LogP) is 4.16. The summed E-state index contributed by atoms with van der Waals surface area (Å²) in [4.78, 5) is 12.1. The van der Waals surface area contributed by atoms with E-state index in [4.69, 9.17) is 0 Å². The number of hydrogen-bond acceptors (Lipinski definition) is 2. The van der Waals surface area contributed by atoms with Crippen molar-refractivity contribution in [2.24, 2.45) is 0 Å². The number of rotatable bonds is 3. The van der Waals surface area contributed by atoms with Gasteiger partial charge in [0.05, 0.1) is 0 Å². The zero-order valence-corrected chi connectivity index (χ0v) is 10.1. The zero-order valence-electron chi connectivity index (χ0n) is 9.30. The van der Waals surface area contributed by atoms with Crippen LogP contribution in [0.1, 0.15) is 0 Å². The number of benzene rings is 2. The van der Waals surface area contributed by atoms with Crippen LogP contribution in [0.15, 0.2) is 72.1 Å². The molecule has 0 radical (unpaired) electrons. The molecule has 0 aliphatic carbocycles. The maximum atomic E-state index is 11.2. The lowest BCUT2D eigenvalue weighted by Crippen LogP contribution is -1.83. The molecule has 0 aliphatic rings. The standard InChI is InChI=1S/C15H12OS/c1-2-15(16)17-14-10-8-13(9-11-14)12-6-4-3-5-7-12/h2-11H,1H2. The van der Waals surface area contributed by atoms with Gasteiger partial charge in [0.25, 0.3) is 0 Å². The van der Waals surface area contributed by atoms with Gasteiger partial charge >= 0.3 is 0 Å². The van der Waals surface area contributed by atoms with Crippen molar-refractivity contribution >= 4 is 16.9 Å². The Kier molecular flexibility index (Phi) is 3.78. The van der Waals surface area contributed by atoms with E-state index in [-0.39, 0.29) is 5.12 Å². The minimum absolute atomic E-state index is 0.0301. The van der Waals surface area contributed by atoms with Crippen molar-refractivity contribution in [3.63, 3.8) is 0 Å². The second-order valence-electron chi connectivity index (χ2n) is 3.52. The quantitative estimate of drug-likeness (QED) is 0.592. The zero-order chi connectivity index (χ0) is 12.1. The Hall–Kier alpha value is -1.80. The van der Waals surface area contributed by atoms with Crippen LogP contribution in [0.2, 0.25) is 0 Å². The van der Waals surface area contributed by atoms with E-state index in [1.807, 2.05) is 42.5 Å². The first-order chi connectivity index (χ1) is 8.29. The Bertz CT molecular complexity index is 514. The van der Waals surface area contributed by atoms with Crippen molar-refractivity contribution in [3.8, 4) is 11.1 Å². The van der Waals surface area contributed by atoms with Crippen molar-refractivity contribution in [3.05, 3.63) is 67.3 Å². The van der Waals surface area contributed by atoms with Gasteiger partial charge in [0.15, 0.2) is 0 Å². The molecule has 0 spiro atoms. The summed E-state index contributed by atoms with van der Waals surface area (Å²) < 4.78 is 0. The molecule has 0 amide bonds. The van der Waals surface area contributed by atoms with Gasteiger partial charge in [0, 0.05) is 4.90 Å². The highest BCUT2D eigenvalue weighted by Gasteiger charge is 2.01. The molecule has 2 heteroatoms. The molecule has 0 fully saturated rings. The van der Waals surface area contributed by atoms with E-state index < -0.39 is 0 Å². The van der Waals surface area contributed by atoms with E-state index in [2.05, 4.69) is 18.7 Å². The van der Waals surface area contributed by atoms with Crippen LogP contribution < -0.4 is 0 Å². The largest absolute Gasteiger partial charge is 0.282 e. The summed E-state index contributed by atoms with van der Waals surface area (Å²) in [6.45, 7) is 3.45. The van der Waals surface area contributed by atoms with Gasteiger partial charge in [0.1, 0.15) is 0 Å². The van der Waals surface area contributed by atoms with E-state index in [0.717, 1.165) is 10.5 Å². The fraction of sp³-hybridized carbons (Fsp3) is 0. The Balaban J connectivity index is 2.19. The van der Waals surface area contributed by atoms with Gasteiger partial charge in [0.2, 0.25) is 5.12 Å². The summed E-state index contributed by atoms with van der Waals surface area (Å²) in [6, 6.07) is 18.1. The van der Waals surface area contributed by atoms with Gasteiger partial charge in [-0.15, -0.1) is 0 Å². The predicted molar refractivity (Wildman–Crippen MR) is 72.9 cm³/mol. The highest BCUT2D eigenvalue weighted by atomic mass is 32.2. The first-order valence-electron chi connectivity index (χ1n) is 5.29. The minimum atomic E-state index is -0.0301. The van der Waals surface area contributed by atoms with Crippen molar-refractivity contribution in [1.82, 2.24) is 0 Å². The average Bonchev–Trinajstić information content (AvgIpc) is 2.40. The molecule has 1 nitrogen and oxygen atoms in total. The van der Waals surface area contributed by atoms with Crippen molar-refractivity contribution in [2.75, 3.05) is 0 Å². The molecule has 0 aromatic heterocycles. The van der Waals surface area contributed by atoms with E-state index >= 15 is 0 Å². The maximum absolute atomic E-state index is 11.2. The molecular formula is C15H12OS. The summed E-state index contributed by atoms with van der Waals surface area (Å²) in [5, 5.41) is -0.0301. The Morgan fingerprint density at radius 2 is 1.53 bits per heavy atom. The van der Waals surface area contributed by atoms with E-state index in [9.17, 15) is 4.79 Å². The summed E-state index contributed by atoms with van der Waals surface area (Å²) in [5.41, 5.74) is 2.33. The van der Waals surface area contributed by atoms with Gasteiger partial charge in [-0.3, -0.25) is 4.79 Å². The molecule has 2 rings (SSSR count). The van der Waals surface area contributed by atoms with Crippen molar-refractivity contribution < 1.29 is 4.79 Å². The second kappa shape index (κ2) is 5.51. The molecule has 2 aromatic carbocycles. The van der Waals surface area contributed by atoms with Gasteiger partial charge in [-0.05, 0) is 41.1 Å². The Morgan fingerprint density at radius 1 is 0.941 bits per heavy atom. The van der Waals surface area contributed by atoms with Gasteiger partial charge in [-0.2, -0.15) is 0 Å². The summed E-state index contributed by atoms with van der Waals surface area (Å²) in [7, 11) is 0. The molecule has 0 saturated carbocycles. The third-order valence-electron chi connectivity index (χ3n) is 2.35. The van der Waals surface area contributed by atoms with E-state index in [1.165, 1.54) is 23.4 Å². The number of carbonyl (C=O) groups excluding carboxylic acids is 1. The van der Waals surface area contributed by atoms with Crippen LogP contribution in [0.5, 0.6) is 0 Å². The molecule has 2 aromatic rings. The first-order valence-corrected chi connectivity index (χ1v) is 6.11. The highest BCUT2D eigenvalue weighted by Crippen LogP contribution is 2.24. The smallest absolute Gasteiger partial charge is 0.216 e. The van der Waals surface area contributed by atoms with Gasteiger partial charge < -0.3 is 0 Å². The third kappa shape index (κ3) is 3.08. The monoisotopic (exact) mass is 240 g/mol. The fourth-order valence-corrected chi connectivity index (χ4v) is 2.09. The maximum Gasteiger partial charge on any atom is 0.216 e. The summed E-state index contributed by atoms with van der Waals surface area (Å²) in [6.07, 6.45) is 1.33. The SMILES string of the molecule is C=CC(=O)Sc1ccc(-c2ccccc2)cc1. The average molecular weight is 240 g/mol. The molecule has 0 atom stereocenters. The molecule has 17 heavy (non-hydrogen) atoms. The van der Waals surface area contributed by atoms with Crippen LogP contribution in [0.25, 0.3) is 11.1 Å². The molecule has 0 bridgehead atoms. The lowest BCUT2D eigenvalue weighted by Gasteiger charge is -2.02. The van der Waals surface area contributed by atoms with Crippen molar-refractivity contribution in [1.29, 1.82) is 0 Å². The topological polar surface area (TPSA) is 17.1 Å². The molecule has 0 N–H and O–H groups in total. The Labute approximate surface area is 105 Å². The molecule has 84 valence electrons. The summed E-state index contributed by atoms with van der Waals surface area (Å²) >= 11 is 1.19. The molecule has 0 unspecified atom stereocenters. The van der Waals surface area contributed by atoms with Crippen LogP contribution in [0, 0.1) is 0 Å². The molecular weight excluding hydrogens is 228 g/mol. The van der Waals surface area contributed by atoms with Crippen LogP contribution in [0.4, 0.5) is 0 Å². The number of hydrogen-bond donors (Lipinski definition) is 0. The van der Waals surface area contributed by atoms with Crippen LogP contribution >= 0.6 is 11.8 Å². The molecule has 0 heterocycles. The van der Waals surface area contributed by atoms with Crippen molar-refractivity contribution in [2.45, 2.75) is 4.90 Å². The molecule has 0 saturated heterocycles. The summed E-state index contributed by atoms with van der Waals surface area (Å²) in [5.74, 6) is 0. The second-order valence-corrected chi connectivity index (χ2v) is 4.59. The Morgan fingerprint density at radius 3 is 2.12 bits per heavy atom. The van der Waals surface area contributed by atoms with Crippen LogP contribution in [-0.2, 0) is 4.79 Å². The minimum Gasteiger partial charge on any atom is -0.282 e. The van der Waals surface area contributed by atoms with E-state index in [1.54, 1.807) is 0 Å². The third-order valence-corrected chi connectivity index (χ3v) is 3.22. The lowest BCUT2D eigenvalue weighted by atomic mass is 10.1. The van der Waals surface area contributed by atoms with Gasteiger partial charge in [-0.1, -0.05) is 49.0 Å². The fourth-order valence-electron chi connectivity index (χ4n) is 1.50. The molecule has 0 aliphatic heterocycles. The number of thioether (sulfide) groups is 1. The van der Waals surface area contributed by atoms with E-state index in [0.29, 0.717) is 0 Å². The van der Waals surface area contributed by atoms with Crippen LogP contribution in [0.3, 0.4) is 0 Å². The normalized spacial score (nSPS) is 9.88.